The van der Waals surface area contributed by atoms with Gasteiger partial charge in [-0.3, -0.25) is 9.59 Å². The molecule has 0 spiro atoms. The van der Waals surface area contributed by atoms with Crippen molar-refractivity contribution in [2.24, 2.45) is 5.41 Å². The number of likely N-dealkylation sites (tertiary alicyclic amines) is 1. The molecule has 3 rings (SSSR count). The van der Waals surface area contributed by atoms with E-state index < -0.39 is 23.6 Å². The van der Waals surface area contributed by atoms with Gasteiger partial charge in [0.05, 0.1) is 30.5 Å². The second kappa shape index (κ2) is 8.07. The fourth-order valence-electron chi connectivity index (χ4n) is 3.50. The summed E-state index contributed by atoms with van der Waals surface area (Å²) in [6.45, 7) is 5.88. The highest BCUT2D eigenvalue weighted by Crippen LogP contribution is 2.36. The predicted molar refractivity (Wildman–Crippen MR) is 106 cm³/mol. The van der Waals surface area contributed by atoms with Gasteiger partial charge in [-0.2, -0.15) is 0 Å². The van der Waals surface area contributed by atoms with E-state index in [1.165, 1.54) is 28.0 Å². The Morgan fingerprint density at radius 1 is 1.41 bits per heavy atom. The van der Waals surface area contributed by atoms with Crippen LogP contribution in [0.25, 0.3) is 10.6 Å². The molecule has 10 nitrogen and oxygen atoms in total. The number of amides is 2. The van der Waals surface area contributed by atoms with Crippen molar-refractivity contribution < 1.29 is 19.4 Å². The van der Waals surface area contributed by atoms with E-state index in [-0.39, 0.29) is 24.8 Å². The quantitative estimate of drug-likeness (QED) is 0.727. The Bertz CT molecular complexity index is 889. The number of hydrogen-bond donors (Lipinski definition) is 2. The number of ether oxygens (including phenoxy) is 1. The number of aliphatic hydroxyl groups excluding tert-OH is 1. The highest BCUT2D eigenvalue weighted by atomic mass is 32.1. The summed E-state index contributed by atoms with van der Waals surface area (Å²) in [6, 6.07) is -1.41. The number of thiazole rings is 1. The Morgan fingerprint density at radius 2 is 2.14 bits per heavy atom. The van der Waals surface area contributed by atoms with Gasteiger partial charge in [-0.1, -0.05) is 37.3 Å². The van der Waals surface area contributed by atoms with Crippen LogP contribution in [-0.4, -0.2) is 74.6 Å². The molecule has 0 radical (unpaired) electrons. The number of carbonyl (C=O) groups excluding carboxylic acids is 2. The Balaban J connectivity index is 1.93. The number of nitrogens with one attached hydrogen (secondary N) is 1. The van der Waals surface area contributed by atoms with Crippen LogP contribution < -0.4 is 10.1 Å². The molecule has 2 aromatic heterocycles. The summed E-state index contributed by atoms with van der Waals surface area (Å²) in [7, 11) is 3.06. The third-order valence-electron chi connectivity index (χ3n) is 4.85. The van der Waals surface area contributed by atoms with E-state index in [9.17, 15) is 14.7 Å². The topological polar surface area (TPSA) is 122 Å². The van der Waals surface area contributed by atoms with E-state index in [0.717, 1.165) is 4.88 Å². The van der Waals surface area contributed by atoms with Crippen LogP contribution in [0.3, 0.4) is 0 Å². The van der Waals surface area contributed by atoms with Crippen LogP contribution in [0.4, 0.5) is 0 Å². The van der Waals surface area contributed by atoms with Gasteiger partial charge < -0.3 is 20.1 Å². The van der Waals surface area contributed by atoms with E-state index in [2.05, 4.69) is 20.6 Å². The molecule has 3 heterocycles. The van der Waals surface area contributed by atoms with Crippen LogP contribution in [0.5, 0.6) is 5.19 Å². The first-order valence-electron chi connectivity index (χ1n) is 9.28. The third-order valence-corrected chi connectivity index (χ3v) is 5.83. The molecule has 1 aliphatic rings. The highest BCUT2D eigenvalue weighted by Gasteiger charge is 2.45. The van der Waals surface area contributed by atoms with E-state index in [1.54, 1.807) is 19.5 Å². The fraction of sp³-hybridized carbons (Fsp3) is 0.611. The predicted octanol–water partition coefficient (Wildman–Crippen LogP) is 0.705. The van der Waals surface area contributed by atoms with Crippen LogP contribution in [-0.2, 0) is 9.59 Å². The second-order valence-electron chi connectivity index (χ2n) is 8.06. The Hall–Kier alpha value is -2.53. The lowest BCUT2D eigenvalue weighted by Crippen LogP contribution is -2.49. The van der Waals surface area contributed by atoms with Crippen LogP contribution in [0, 0.1) is 5.41 Å². The zero-order chi connectivity index (χ0) is 21.3. The minimum atomic E-state index is -0.738. The van der Waals surface area contributed by atoms with E-state index in [0.29, 0.717) is 10.9 Å². The molecule has 2 amide bonds. The number of hydrogen-bond acceptors (Lipinski definition) is 8. The molecule has 158 valence electrons. The van der Waals surface area contributed by atoms with Crippen molar-refractivity contribution in [3.8, 4) is 15.8 Å². The molecule has 1 saturated heterocycles. The lowest BCUT2D eigenvalue weighted by atomic mass is 9.85. The smallest absolute Gasteiger partial charge is 0.273 e. The van der Waals surface area contributed by atoms with Crippen LogP contribution in [0.2, 0.25) is 0 Å². The summed E-state index contributed by atoms with van der Waals surface area (Å²) in [5, 5.41) is 21.5. The SMILES string of the molecule is CNC(=O)[C@@H]1C[C@@H](O)CN1C(=O)[C@@H](n1cc(-c2cnc(OC)s2)nn1)C(C)(C)C. The maximum Gasteiger partial charge on any atom is 0.273 e. The summed E-state index contributed by atoms with van der Waals surface area (Å²) < 4.78 is 6.64. The Kier molecular flexibility index (Phi) is 5.90. The number of methoxy groups -OCH3 is 1. The minimum Gasteiger partial charge on any atom is -0.473 e. The standard InChI is InChI=1S/C18H26N6O4S/c1-18(2,3)14(16(27)23-8-10(25)6-12(23)15(26)19-4)24-9-11(21-22-24)13-7-20-17(28-5)29-13/h7,9-10,12,14,25H,6,8H2,1-5H3,(H,19,26)/t10-,12+,14-/m1/s1. The van der Waals surface area contributed by atoms with Crippen LogP contribution in [0.1, 0.15) is 33.2 Å². The molecule has 2 aromatic rings. The number of carbonyl (C=O) groups is 2. The third kappa shape index (κ3) is 4.25. The summed E-state index contributed by atoms with van der Waals surface area (Å²) in [6.07, 6.45) is 2.82. The van der Waals surface area contributed by atoms with Gasteiger partial charge in [-0.25, -0.2) is 9.67 Å². The molecule has 11 heteroatoms. The van der Waals surface area contributed by atoms with E-state index in [4.69, 9.17) is 4.74 Å². The molecule has 1 fully saturated rings. The Morgan fingerprint density at radius 3 is 2.72 bits per heavy atom. The second-order valence-corrected chi connectivity index (χ2v) is 9.05. The van der Waals surface area contributed by atoms with Crippen molar-refractivity contribution in [3.05, 3.63) is 12.4 Å². The van der Waals surface area contributed by atoms with Gasteiger partial charge >= 0.3 is 0 Å². The summed E-state index contributed by atoms with van der Waals surface area (Å²) >= 11 is 1.33. The molecular weight excluding hydrogens is 396 g/mol. The van der Waals surface area contributed by atoms with Gasteiger partial charge in [0.15, 0.2) is 0 Å². The number of aliphatic hydroxyl groups is 1. The van der Waals surface area contributed by atoms with Gasteiger partial charge in [-0.15, -0.1) is 5.10 Å². The molecule has 2 N–H and O–H groups in total. The summed E-state index contributed by atoms with van der Waals surface area (Å²) in [5.41, 5.74) is 0.0750. The van der Waals surface area contributed by atoms with E-state index in [1.807, 2.05) is 20.8 Å². The molecular formula is C18H26N6O4S. The highest BCUT2D eigenvalue weighted by molar-refractivity contribution is 7.16. The van der Waals surface area contributed by atoms with Crippen LogP contribution >= 0.6 is 11.3 Å². The molecule has 0 aromatic carbocycles. The molecule has 1 aliphatic heterocycles. The van der Waals surface area contributed by atoms with Gasteiger partial charge in [0.1, 0.15) is 17.8 Å². The van der Waals surface area contributed by atoms with Crippen LogP contribution in [0.15, 0.2) is 12.4 Å². The summed E-state index contributed by atoms with van der Waals surface area (Å²) in [4.78, 5) is 32.1. The average Bonchev–Trinajstić information content (AvgIpc) is 3.38. The lowest BCUT2D eigenvalue weighted by Gasteiger charge is -2.34. The molecule has 0 unspecified atom stereocenters. The van der Waals surface area contributed by atoms with Gasteiger partial charge in [0, 0.05) is 20.0 Å². The normalized spacial score (nSPS) is 20.6. The van der Waals surface area contributed by atoms with E-state index >= 15 is 0 Å². The molecule has 0 aliphatic carbocycles. The minimum absolute atomic E-state index is 0.108. The first-order valence-corrected chi connectivity index (χ1v) is 10.1. The summed E-state index contributed by atoms with van der Waals surface area (Å²) in [5.74, 6) is -0.570. The molecule has 0 bridgehead atoms. The van der Waals surface area contributed by atoms with Gasteiger partial charge in [0.25, 0.3) is 5.19 Å². The zero-order valence-corrected chi connectivity index (χ0v) is 17.9. The van der Waals surface area contributed by atoms with Gasteiger partial charge in [-0.05, 0) is 5.41 Å². The van der Waals surface area contributed by atoms with Crippen molar-refractivity contribution in [2.45, 2.75) is 45.4 Å². The number of rotatable bonds is 5. The maximum atomic E-state index is 13.5. The van der Waals surface area contributed by atoms with Gasteiger partial charge in [0.2, 0.25) is 11.8 Å². The zero-order valence-electron chi connectivity index (χ0n) is 17.1. The largest absolute Gasteiger partial charge is 0.473 e. The van der Waals surface area contributed by atoms with Crippen molar-refractivity contribution in [1.29, 1.82) is 0 Å². The van der Waals surface area contributed by atoms with Crippen molar-refractivity contribution in [3.63, 3.8) is 0 Å². The van der Waals surface area contributed by atoms with Crippen molar-refractivity contribution in [2.75, 3.05) is 20.7 Å². The number of likely N-dealkylation sites (N-methyl/N-ethyl adjacent to an activating group) is 1. The lowest BCUT2D eigenvalue weighted by molar-refractivity contribution is -0.144. The number of aromatic nitrogens is 4. The van der Waals surface area contributed by atoms with Crippen molar-refractivity contribution >= 4 is 23.2 Å². The number of β-amino-alcohol motifs (C(OH)–C–C–N with tert-alkyl or cyclic N) is 1. The fourth-order valence-corrected chi connectivity index (χ4v) is 4.18. The Labute approximate surface area is 172 Å². The first kappa shape index (κ1) is 21.2. The van der Waals surface area contributed by atoms with Crippen molar-refractivity contribution in [1.82, 2.24) is 30.2 Å². The average molecular weight is 423 g/mol. The first-order chi connectivity index (χ1) is 13.7. The number of nitrogens with zero attached hydrogens (tertiary/aromatic N) is 5. The monoisotopic (exact) mass is 422 g/mol. The molecule has 3 atom stereocenters. The maximum absolute atomic E-state index is 13.5. The molecule has 29 heavy (non-hydrogen) atoms. The molecule has 0 saturated carbocycles.